The minimum atomic E-state index is 0.172. The molecule has 1 saturated carbocycles. The summed E-state index contributed by atoms with van der Waals surface area (Å²) in [6.45, 7) is 0.692. The molecule has 6 heteroatoms. The Labute approximate surface area is 78.6 Å². The molecule has 1 fully saturated rings. The zero-order valence-corrected chi connectivity index (χ0v) is 7.79. The zero-order chi connectivity index (χ0) is 8.89. The van der Waals surface area contributed by atoms with Gasteiger partial charge in [-0.3, -0.25) is 0 Å². The molecule has 0 aliphatic heterocycles. The number of aromatic nitrogens is 4. The van der Waals surface area contributed by atoms with Gasteiger partial charge in [-0.1, -0.05) is 11.3 Å². The third-order valence-electron chi connectivity index (χ3n) is 2.58. The smallest absolute Gasteiger partial charge is 0.234 e. The molecule has 0 atom stereocenters. The third kappa shape index (κ3) is 0.925. The van der Waals surface area contributed by atoms with Crippen LogP contribution >= 0.6 is 11.3 Å². The first-order chi connectivity index (χ1) is 6.34. The molecular formula is C7H9N5S. The van der Waals surface area contributed by atoms with Crippen molar-refractivity contribution in [2.45, 2.75) is 18.3 Å². The number of nitrogens with two attached hydrogens (primary N) is 1. The van der Waals surface area contributed by atoms with E-state index in [1.54, 1.807) is 22.2 Å². The first-order valence-electron chi connectivity index (χ1n) is 4.21. The topological polar surface area (TPSA) is 69.1 Å². The van der Waals surface area contributed by atoms with Crippen molar-refractivity contribution in [3.63, 3.8) is 0 Å². The minimum absolute atomic E-state index is 0.172. The van der Waals surface area contributed by atoms with Crippen LogP contribution < -0.4 is 5.73 Å². The van der Waals surface area contributed by atoms with Gasteiger partial charge in [-0.2, -0.15) is 9.61 Å². The van der Waals surface area contributed by atoms with Gasteiger partial charge < -0.3 is 5.73 Å². The lowest BCUT2D eigenvalue weighted by molar-refractivity contribution is 0.678. The van der Waals surface area contributed by atoms with Crippen molar-refractivity contribution >= 4 is 16.3 Å². The molecule has 3 rings (SSSR count). The molecule has 0 aromatic carbocycles. The van der Waals surface area contributed by atoms with Crippen molar-refractivity contribution in [1.82, 2.24) is 19.8 Å². The van der Waals surface area contributed by atoms with E-state index < -0.39 is 0 Å². The van der Waals surface area contributed by atoms with Crippen LogP contribution in [0, 0.1) is 0 Å². The van der Waals surface area contributed by atoms with Gasteiger partial charge in [0, 0.05) is 12.0 Å². The number of nitrogens with zero attached hydrogens (tertiary/aromatic N) is 4. The molecule has 0 unspecified atom stereocenters. The summed E-state index contributed by atoms with van der Waals surface area (Å²) >= 11 is 1.60. The standard InChI is InChI=1S/C7H9N5S/c8-3-7(1-2-7)5-11-12-4-9-10-6(12)13-5/h4H,1-3,8H2. The molecule has 5 nitrogen and oxygen atoms in total. The van der Waals surface area contributed by atoms with Crippen LogP contribution in [0.5, 0.6) is 0 Å². The monoisotopic (exact) mass is 195 g/mol. The van der Waals surface area contributed by atoms with Gasteiger partial charge in [0.1, 0.15) is 11.3 Å². The maximum Gasteiger partial charge on any atom is 0.234 e. The number of fused-ring (bicyclic) bond motifs is 1. The van der Waals surface area contributed by atoms with Crippen LogP contribution in [0.2, 0.25) is 0 Å². The quantitative estimate of drug-likeness (QED) is 0.742. The van der Waals surface area contributed by atoms with Gasteiger partial charge in [-0.15, -0.1) is 10.2 Å². The van der Waals surface area contributed by atoms with Crippen LogP contribution in [0.25, 0.3) is 4.96 Å². The first-order valence-corrected chi connectivity index (χ1v) is 5.03. The third-order valence-corrected chi connectivity index (χ3v) is 3.74. The van der Waals surface area contributed by atoms with E-state index >= 15 is 0 Å². The molecule has 0 amide bonds. The Hall–Kier alpha value is -1.01. The Morgan fingerprint density at radius 3 is 3.08 bits per heavy atom. The fraction of sp³-hybridized carbons (Fsp3) is 0.571. The average molecular weight is 195 g/mol. The maximum atomic E-state index is 5.71. The Morgan fingerprint density at radius 1 is 1.62 bits per heavy atom. The number of rotatable bonds is 2. The molecule has 0 saturated heterocycles. The van der Waals surface area contributed by atoms with Crippen molar-refractivity contribution in [3.8, 4) is 0 Å². The highest BCUT2D eigenvalue weighted by atomic mass is 32.1. The summed E-state index contributed by atoms with van der Waals surface area (Å²) in [5.41, 5.74) is 5.88. The lowest BCUT2D eigenvalue weighted by Gasteiger charge is -2.05. The Morgan fingerprint density at radius 2 is 2.46 bits per heavy atom. The van der Waals surface area contributed by atoms with Crippen molar-refractivity contribution < 1.29 is 0 Å². The molecule has 2 aromatic rings. The molecule has 2 aromatic heterocycles. The van der Waals surface area contributed by atoms with Gasteiger partial charge in [0.25, 0.3) is 0 Å². The second kappa shape index (κ2) is 2.27. The van der Waals surface area contributed by atoms with E-state index in [-0.39, 0.29) is 5.41 Å². The Balaban J connectivity index is 2.13. The first kappa shape index (κ1) is 7.40. The van der Waals surface area contributed by atoms with Gasteiger partial charge in [-0.05, 0) is 12.8 Å². The van der Waals surface area contributed by atoms with Gasteiger partial charge in [0.05, 0.1) is 0 Å². The summed E-state index contributed by atoms with van der Waals surface area (Å²) in [6.07, 6.45) is 3.95. The van der Waals surface area contributed by atoms with Gasteiger partial charge in [0.15, 0.2) is 0 Å². The predicted molar refractivity (Wildman–Crippen MR) is 48.6 cm³/mol. The Bertz CT molecular complexity index is 412. The minimum Gasteiger partial charge on any atom is -0.329 e. The molecular weight excluding hydrogens is 186 g/mol. The van der Waals surface area contributed by atoms with E-state index in [4.69, 9.17) is 5.73 Å². The van der Waals surface area contributed by atoms with Crippen molar-refractivity contribution in [2.24, 2.45) is 5.73 Å². The van der Waals surface area contributed by atoms with Gasteiger partial charge in [0.2, 0.25) is 4.96 Å². The fourth-order valence-corrected chi connectivity index (χ4v) is 2.51. The van der Waals surface area contributed by atoms with E-state index in [1.165, 1.54) is 0 Å². The molecule has 2 N–H and O–H groups in total. The fourth-order valence-electron chi connectivity index (χ4n) is 1.43. The maximum absolute atomic E-state index is 5.71. The molecule has 68 valence electrons. The Kier molecular flexibility index (Phi) is 1.29. The summed E-state index contributed by atoms with van der Waals surface area (Å²) in [6, 6.07) is 0. The summed E-state index contributed by atoms with van der Waals surface area (Å²) in [5, 5.41) is 13.2. The predicted octanol–water partition coefficient (Wildman–Crippen LogP) is 0.176. The van der Waals surface area contributed by atoms with E-state index in [2.05, 4.69) is 15.3 Å². The van der Waals surface area contributed by atoms with Crippen LogP contribution in [-0.4, -0.2) is 26.4 Å². The second-order valence-corrected chi connectivity index (χ2v) is 4.41. The van der Waals surface area contributed by atoms with E-state index in [9.17, 15) is 0 Å². The molecule has 0 radical (unpaired) electrons. The highest BCUT2D eigenvalue weighted by Crippen LogP contribution is 2.48. The number of hydrogen-bond donors (Lipinski definition) is 1. The highest BCUT2D eigenvalue weighted by molar-refractivity contribution is 7.16. The summed E-state index contributed by atoms with van der Waals surface area (Å²) < 4.78 is 1.72. The zero-order valence-electron chi connectivity index (χ0n) is 6.97. The molecule has 2 heterocycles. The lowest BCUT2D eigenvalue weighted by Crippen LogP contribution is -2.19. The van der Waals surface area contributed by atoms with E-state index in [1.807, 2.05) is 0 Å². The van der Waals surface area contributed by atoms with E-state index in [0.717, 1.165) is 22.8 Å². The van der Waals surface area contributed by atoms with Crippen LogP contribution in [0.4, 0.5) is 0 Å². The van der Waals surface area contributed by atoms with Crippen LogP contribution in [0.1, 0.15) is 17.8 Å². The molecule has 0 spiro atoms. The van der Waals surface area contributed by atoms with Crippen molar-refractivity contribution in [1.29, 1.82) is 0 Å². The molecule has 0 bridgehead atoms. The molecule has 13 heavy (non-hydrogen) atoms. The normalized spacial score (nSPS) is 19.5. The molecule has 1 aliphatic rings. The van der Waals surface area contributed by atoms with Gasteiger partial charge >= 0.3 is 0 Å². The van der Waals surface area contributed by atoms with Crippen molar-refractivity contribution in [2.75, 3.05) is 6.54 Å². The van der Waals surface area contributed by atoms with Crippen LogP contribution in [-0.2, 0) is 5.41 Å². The highest BCUT2D eigenvalue weighted by Gasteiger charge is 2.46. The van der Waals surface area contributed by atoms with E-state index in [0.29, 0.717) is 6.54 Å². The number of hydrogen-bond acceptors (Lipinski definition) is 5. The summed E-state index contributed by atoms with van der Waals surface area (Å²) in [7, 11) is 0. The van der Waals surface area contributed by atoms with Crippen LogP contribution in [0.15, 0.2) is 6.33 Å². The lowest BCUT2D eigenvalue weighted by atomic mass is 10.1. The summed E-state index contributed by atoms with van der Waals surface area (Å²) in [4.78, 5) is 0.856. The van der Waals surface area contributed by atoms with Gasteiger partial charge in [-0.25, -0.2) is 0 Å². The average Bonchev–Trinajstić information content (AvgIpc) is 2.63. The van der Waals surface area contributed by atoms with Crippen molar-refractivity contribution in [3.05, 3.63) is 11.3 Å². The van der Waals surface area contributed by atoms with Crippen LogP contribution in [0.3, 0.4) is 0 Å². The summed E-state index contributed by atoms with van der Waals surface area (Å²) in [5.74, 6) is 0. The SMILES string of the molecule is NCC1(c2nn3cnnc3s2)CC1. The molecule has 1 aliphatic carbocycles. The largest absolute Gasteiger partial charge is 0.329 e. The second-order valence-electron chi connectivity index (χ2n) is 3.45.